The second-order valence-corrected chi connectivity index (χ2v) is 7.50. The first kappa shape index (κ1) is 16.6. The van der Waals surface area contributed by atoms with Gasteiger partial charge >= 0.3 is 0 Å². The van der Waals surface area contributed by atoms with E-state index in [0.717, 1.165) is 62.0 Å². The molecular formula is C20H27N3O2. The number of hydrogen-bond donors (Lipinski definition) is 1. The summed E-state index contributed by atoms with van der Waals surface area (Å²) in [5, 5.41) is 1.09. The van der Waals surface area contributed by atoms with Crippen LogP contribution in [0.25, 0.3) is 10.9 Å². The Morgan fingerprint density at radius 3 is 2.92 bits per heavy atom. The highest BCUT2D eigenvalue weighted by molar-refractivity contribution is 5.98. The summed E-state index contributed by atoms with van der Waals surface area (Å²) in [6.45, 7) is 5.63. The molecule has 0 radical (unpaired) electrons. The third-order valence-corrected chi connectivity index (χ3v) is 6.07. The Morgan fingerprint density at radius 1 is 1.36 bits per heavy atom. The average Bonchev–Trinajstić information content (AvgIpc) is 3.28. The van der Waals surface area contributed by atoms with Crippen molar-refractivity contribution >= 4 is 16.8 Å². The molecule has 1 spiro atoms. The number of nitrogens with one attached hydrogen (secondary N) is 1. The molecule has 2 saturated heterocycles. The molecule has 1 aromatic carbocycles. The van der Waals surface area contributed by atoms with E-state index >= 15 is 0 Å². The number of H-pyrrole nitrogens is 1. The number of benzene rings is 1. The number of carbonyl (C=O) groups is 1. The van der Waals surface area contributed by atoms with Crippen molar-refractivity contribution < 1.29 is 9.53 Å². The van der Waals surface area contributed by atoms with E-state index in [1.54, 1.807) is 0 Å². The third-order valence-electron chi connectivity index (χ3n) is 6.07. The molecule has 5 nitrogen and oxygen atoms in total. The van der Waals surface area contributed by atoms with E-state index < -0.39 is 0 Å². The van der Waals surface area contributed by atoms with Crippen LogP contribution >= 0.6 is 0 Å². The van der Waals surface area contributed by atoms with Crippen LogP contribution in [0.3, 0.4) is 0 Å². The van der Waals surface area contributed by atoms with Crippen molar-refractivity contribution in [1.29, 1.82) is 0 Å². The third kappa shape index (κ3) is 3.07. The molecule has 5 heteroatoms. The van der Waals surface area contributed by atoms with Gasteiger partial charge < -0.3 is 19.5 Å². The molecule has 3 heterocycles. The second-order valence-electron chi connectivity index (χ2n) is 7.50. The van der Waals surface area contributed by atoms with Gasteiger partial charge in [-0.15, -0.1) is 0 Å². The number of likely N-dealkylation sites (tertiary alicyclic amines) is 1. The molecule has 1 N–H and O–H groups in total. The van der Waals surface area contributed by atoms with Gasteiger partial charge in [-0.2, -0.15) is 0 Å². The summed E-state index contributed by atoms with van der Waals surface area (Å²) < 4.78 is 6.21. The lowest BCUT2D eigenvalue weighted by molar-refractivity contribution is -0.0392. The largest absolute Gasteiger partial charge is 0.373 e. The number of rotatable bonds is 3. The second kappa shape index (κ2) is 6.46. The molecule has 4 rings (SSSR count). The number of fused-ring (bicyclic) bond motifs is 1. The number of aromatic amines is 1. The van der Waals surface area contributed by atoms with Crippen LogP contribution in [0.15, 0.2) is 30.5 Å². The standard InChI is InChI=1S/C20H27N3O2/c1-3-22(2)17-13-20(25-14-17)7-10-23(11-8-20)19(24)16-4-5-18-15(12-16)6-9-21-18/h4-6,9,12,17,21H,3,7-8,10-11,13-14H2,1-2H3/t17-/m0/s1. The number of nitrogens with zero attached hydrogens (tertiary/aromatic N) is 2. The van der Waals surface area contributed by atoms with Crippen molar-refractivity contribution in [3.63, 3.8) is 0 Å². The quantitative estimate of drug-likeness (QED) is 0.934. The molecule has 134 valence electrons. The SMILES string of the molecule is CCN(C)[C@@H]1COC2(CCN(C(=O)c3ccc4[nH]ccc4c3)CC2)C1. The van der Waals surface area contributed by atoms with Crippen LogP contribution in [0.4, 0.5) is 0 Å². The van der Waals surface area contributed by atoms with Gasteiger partial charge in [0.2, 0.25) is 0 Å². The maximum absolute atomic E-state index is 12.9. The van der Waals surface area contributed by atoms with E-state index in [1.807, 2.05) is 35.4 Å². The molecule has 1 amide bonds. The highest BCUT2D eigenvalue weighted by Crippen LogP contribution is 2.37. The van der Waals surface area contributed by atoms with Gasteiger partial charge in [0.05, 0.1) is 12.2 Å². The van der Waals surface area contributed by atoms with E-state index in [9.17, 15) is 4.79 Å². The monoisotopic (exact) mass is 341 g/mol. The smallest absolute Gasteiger partial charge is 0.253 e. The first-order chi connectivity index (χ1) is 12.1. The van der Waals surface area contributed by atoms with Gasteiger partial charge in [0, 0.05) is 41.8 Å². The summed E-state index contributed by atoms with van der Waals surface area (Å²) in [5.41, 5.74) is 1.83. The Balaban J connectivity index is 1.41. The number of likely N-dealkylation sites (N-methyl/N-ethyl adjacent to an activating group) is 1. The lowest BCUT2D eigenvalue weighted by Gasteiger charge is -2.39. The van der Waals surface area contributed by atoms with Crippen molar-refractivity contribution in [3.8, 4) is 0 Å². The van der Waals surface area contributed by atoms with Gasteiger partial charge in [-0.3, -0.25) is 4.79 Å². The van der Waals surface area contributed by atoms with E-state index in [-0.39, 0.29) is 11.5 Å². The van der Waals surface area contributed by atoms with Crippen LogP contribution in [-0.2, 0) is 4.74 Å². The predicted molar refractivity (Wildman–Crippen MR) is 98.8 cm³/mol. The topological polar surface area (TPSA) is 48.6 Å². The zero-order valence-corrected chi connectivity index (χ0v) is 15.1. The van der Waals surface area contributed by atoms with E-state index in [4.69, 9.17) is 4.74 Å². The zero-order chi connectivity index (χ0) is 17.4. The Bertz CT molecular complexity index is 761. The van der Waals surface area contributed by atoms with Crippen molar-refractivity contribution in [2.24, 2.45) is 0 Å². The van der Waals surface area contributed by atoms with Crippen LogP contribution in [0.2, 0.25) is 0 Å². The minimum absolute atomic E-state index is 0.0184. The lowest BCUT2D eigenvalue weighted by Crippen LogP contribution is -2.47. The predicted octanol–water partition coefficient (Wildman–Crippen LogP) is 2.88. The number of piperidine rings is 1. The lowest BCUT2D eigenvalue weighted by atomic mass is 9.87. The maximum atomic E-state index is 12.9. The molecule has 2 aliphatic heterocycles. The molecule has 0 bridgehead atoms. The van der Waals surface area contributed by atoms with Crippen LogP contribution in [0, 0.1) is 0 Å². The summed E-state index contributed by atoms with van der Waals surface area (Å²) in [7, 11) is 2.17. The fraction of sp³-hybridized carbons (Fsp3) is 0.550. The van der Waals surface area contributed by atoms with Crippen molar-refractivity contribution in [1.82, 2.24) is 14.8 Å². The van der Waals surface area contributed by atoms with Gasteiger partial charge in [-0.25, -0.2) is 0 Å². The van der Waals surface area contributed by atoms with Crippen molar-refractivity contribution in [2.45, 2.75) is 37.8 Å². The molecule has 1 aromatic heterocycles. The van der Waals surface area contributed by atoms with E-state index in [1.165, 1.54) is 0 Å². The zero-order valence-electron chi connectivity index (χ0n) is 15.1. The minimum atomic E-state index is -0.0184. The highest BCUT2D eigenvalue weighted by atomic mass is 16.5. The van der Waals surface area contributed by atoms with Crippen LogP contribution in [-0.4, -0.2) is 65.6 Å². The summed E-state index contributed by atoms with van der Waals surface area (Å²) in [5.74, 6) is 0.137. The van der Waals surface area contributed by atoms with E-state index in [2.05, 4.69) is 23.9 Å². The molecule has 0 aliphatic carbocycles. The fourth-order valence-electron chi connectivity index (χ4n) is 4.20. The van der Waals surface area contributed by atoms with Gasteiger partial charge in [0.15, 0.2) is 0 Å². The van der Waals surface area contributed by atoms with Gasteiger partial charge in [0.25, 0.3) is 5.91 Å². The summed E-state index contributed by atoms with van der Waals surface area (Å²) >= 11 is 0. The van der Waals surface area contributed by atoms with E-state index in [0.29, 0.717) is 6.04 Å². The molecule has 0 saturated carbocycles. The molecular weight excluding hydrogens is 314 g/mol. The highest BCUT2D eigenvalue weighted by Gasteiger charge is 2.44. The maximum Gasteiger partial charge on any atom is 0.253 e. The number of hydrogen-bond acceptors (Lipinski definition) is 3. The molecule has 0 unspecified atom stereocenters. The Hall–Kier alpha value is -1.85. The van der Waals surface area contributed by atoms with Crippen LogP contribution < -0.4 is 0 Å². The first-order valence-corrected chi connectivity index (χ1v) is 9.31. The van der Waals surface area contributed by atoms with Crippen LogP contribution in [0.5, 0.6) is 0 Å². The Labute approximate surface area is 148 Å². The first-order valence-electron chi connectivity index (χ1n) is 9.31. The molecule has 25 heavy (non-hydrogen) atoms. The van der Waals surface area contributed by atoms with Gasteiger partial charge in [-0.05, 0) is 57.1 Å². The van der Waals surface area contributed by atoms with Crippen molar-refractivity contribution in [2.75, 3.05) is 33.3 Å². The Kier molecular flexibility index (Phi) is 4.29. The number of amides is 1. The molecule has 1 atom stereocenters. The summed E-state index contributed by atoms with van der Waals surface area (Å²) in [6.07, 6.45) is 4.89. The van der Waals surface area contributed by atoms with Gasteiger partial charge in [-0.1, -0.05) is 6.92 Å². The number of ether oxygens (including phenoxy) is 1. The number of aromatic nitrogens is 1. The van der Waals surface area contributed by atoms with Gasteiger partial charge in [0.1, 0.15) is 0 Å². The summed E-state index contributed by atoms with van der Waals surface area (Å²) in [4.78, 5) is 20.4. The normalized spacial score (nSPS) is 23.0. The van der Waals surface area contributed by atoms with Crippen molar-refractivity contribution in [3.05, 3.63) is 36.0 Å². The average molecular weight is 341 g/mol. The molecule has 2 fully saturated rings. The fourth-order valence-corrected chi connectivity index (χ4v) is 4.20. The minimum Gasteiger partial charge on any atom is -0.373 e. The summed E-state index contributed by atoms with van der Waals surface area (Å²) in [6, 6.07) is 8.41. The van der Waals surface area contributed by atoms with Crippen LogP contribution in [0.1, 0.15) is 36.5 Å². The molecule has 2 aliphatic rings. The number of carbonyl (C=O) groups excluding carboxylic acids is 1. The molecule has 2 aromatic rings. The Morgan fingerprint density at radius 2 is 2.16 bits per heavy atom.